The van der Waals surface area contributed by atoms with Crippen molar-refractivity contribution in [2.24, 2.45) is 17.3 Å². The van der Waals surface area contributed by atoms with E-state index in [-0.39, 0.29) is 43.0 Å². The third-order valence-electron chi connectivity index (χ3n) is 11.8. The quantitative estimate of drug-likeness (QED) is 0.204. The van der Waals surface area contributed by atoms with Crippen molar-refractivity contribution in [3.8, 4) is 22.8 Å². The van der Waals surface area contributed by atoms with Crippen LogP contribution in [0.2, 0.25) is 0 Å². The first-order chi connectivity index (χ1) is 27.6. The molecule has 4 fully saturated rings. The number of amides is 4. The van der Waals surface area contributed by atoms with Crippen LogP contribution in [-0.4, -0.2) is 96.5 Å². The zero-order valence-electron chi connectivity index (χ0n) is 33.9. The van der Waals surface area contributed by atoms with Gasteiger partial charge >= 0.3 is 0 Å². The number of fused-ring (bicyclic) bond motifs is 1. The highest BCUT2D eigenvalue weighted by Crippen LogP contribution is 2.46. The third kappa shape index (κ3) is 9.01. The number of nitrogens with zero attached hydrogens (tertiary/aromatic N) is 3. The Morgan fingerprint density at radius 2 is 1.76 bits per heavy atom. The number of hydrogen-bond acceptors (Lipinski definition) is 9. The summed E-state index contributed by atoms with van der Waals surface area (Å²) in [5.41, 5.74) is 0.316. The SMILES string of the molecule is C=C[C@@H]1CC1(NC(=O)[C@@H]1C[C@@H](Oc2cc(-c3ccccc3)nc3cc(OC)ccc23)CN1C(=O)[C@@H](CC(=O)N1CCCCC1)CC(C)(C)C)C(=O)NS(=O)(=O)C1CC1. The van der Waals surface area contributed by atoms with Crippen LogP contribution in [-0.2, 0) is 29.2 Å². The van der Waals surface area contributed by atoms with Crippen LogP contribution >= 0.6 is 0 Å². The maximum Gasteiger partial charge on any atom is 0.259 e. The molecule has 2 aromatic carbocycles. The van der Waals surface area contributed by atoms with Gasteiger partial charge in [0.05, 0.1) is 30.1 Å². The van der Waals surface area contributed by atoms with E-state index in [0.29, 0.717) is 60.4 Å². The molecule has 3 heterocycles. The fraction of sp³-hybridized carbons (Fsp3) is 0.523. The number of carbonyl (C=O) groups is 4. The number of likely N-dealkylation sites (tertiary alicyclic amines) is 2. The summed E-state index contributed by atoms with van der Waals surface area (Å²) in [7, 11) is -2.31. The topological polar surface area (TPSA) is 164 Å². The van der Waals surface area contributed by atoms with E-state index < -0.39 is 56.6 Å². The number of sulfonamides is 1. The first-order valence-electron chi connectivity index (χ1n) is 20.4. The van der Waals surface area contributed by atoms with Crippen LogP contribution in [0.5, 0.6) is 11.5 Å². The van der Waals surface area contributed by atoms with Gasteiger partial charge in [0.15, 0.2) is 0 Å². The van der Waals surface area contributed by atoms with E-state index in [0.717, 1.165) is 24.8 Å². The average Bonchev–Trinajstić information content (AvgIpc) is 4.14. The number of aromatic nitrogens is 1. The van der Waals surface area contributed by atoms with Crippen LogP contribution in [0.15, 0.2) is 67.3 Å². The number of methoxy groups -OCH3 is 1. The van der Waals surface area contributed by atoms with Gasteiger partial charge in [-0.3, -0.25) is 23.9 Å². The Kier molecular flexibility index (Phi) is 11.6. The summed E-state index contributed by atoms with van der Waals surface area (Å²) in [4.78, 5) is 65.1. The molecule has 14 heteroatoms. The lowest BCUT2D eigenvalue weighted by Gasteiger charge is -2.33. The van der Waals surface area contributed by atoms with Gasteiger partial charge in [0.2, 0.25) is 27.7 Å². The highest BCUT2D eigenvalue weighted by atomic mass is 32.2. The molecule has 3 aromatic rings. The molecule has 2 aliphatic carbocycles. The Bertz CT molecular complexity index is 2180. The number of rotatable bonds is 14. The Labute approximate surface area is 341 Å². The van der Waals surface area contributed by atoms with Crippen molar-refractivity contribution < 1.29 is 37.1 Å². The Morgan fingerprint density at radius 1 is 1.03 bits per heavy atom. The summed E-state index contributed by atoms with van der Waals surface area (Å²) < 4.78 is 40.1. The van der Waals surface area contributed by atoms with Crippen molar-refractivity contribution in [2.45, 2.75) is 101 Å². The smallest absolute Gasteiger partial charge is 0.259 e. The van der Waals surface area contributed by atoms with Crippen LogP contribution in [0.1, 0.15) is 78.6 Å². The molecule has 0 spiro atoms. The van der Waals surface area contributed by atoms with Gasteiger partial charge in [0.1, 0.15) is 29.2 Å². The van der Waals surface area contributed by atoms with Gasteiger partial charge < -0.3 is 24.6 Å². The fourth-order valence-corrected chi connectivity index (χ4v) is 9.80. The predicted molar refractivity (Wildman–Crippen MR) is 220 cm³/mol. The van der Waals surface area contributed by atoms with Crippen molar-refractivity contribution in [3.63, 3.8) is 0 Å². The van der Waals surface area contributed by atoms with Crippen LogP contribution in [0.3, 0.4) is 0 Å². The monoisotopic (exact) mass is 813 g/mol. The average molecular weight is 814 g/mol. The van der Waals surface area contributed by atoms with Gasteiger partial charge in [-0.2, -0.15) is 0 Å². The second kappa shape index (κ2) is 16.3. The van der Waals surface area contributed by atoms with Crippen LogP contribution < -0.4 is 19.5 Å². The minimum absolute atomic E-state index is 0.00757. The Balaban J connectivity index is 1.21. The number of hydrogen-bond donors (Lipinski definition) is 2. The lowest BCUT2D eigenvalue weighted by Crippen LogP contribution is -2.57. The zero-order valence-corrected chi connectivity index (χ0v) is 34.7. The van der Waals surface area contributed by atoms with Crippen LogP contribution in [0.25, 0.3) is 22.2 Å². The highest BCUT2D eigenvalue weighted by Gasteiger charge is 2.62. The van der Waals surface area contributed by atoms with Gasteiger partial charge in [-0.05, 0) is 62.5 Å². The molecule has 1 unspecified atom stereocenters. The van der Waals surface area contributed by atoms with Crippen LogP contribution in [0.4, 0.5) is 0 Å². The Morgan fingerprint density at radius 3 is 2.40 bits per heavy atom. The summed E-state index contributed by atoms with van der Waals surface area (Å²) in [5.74, 6) is -1.93. The number of pyridine rings is 1. The maximum absolute atomic E-state index is 14.9. The molecular formula is C44H55N5O8S. The number of nitrogens with one attached hydrogen (secondary N) is 2. The summed E-state index contributed by atoms with van der Waals surface area (Å²) in [6.07, 6.45) is 5.36. The highest BCUT2D eigenvalue weighted by molar-refractivity contribution is 7.91. The summed E-state index contributed by atoms with van der Waals surface area (Å²) in [6, 6.07) is 15.9. The third-order valence-corrected chi connectivity index (χ3v) is 13.6. The van der Waals surface area contributed by atoms with E-state index >= 15 is 0 Å². The molecule has 2 saturated carbocycles. The molecule has 2 N–H and O–H groups in total. The van der Waals surface area contributed by atoms with E-state index in [1.807, 2.05) is 80.3 Å². The molecule has 1 aromatic heterocycles. The zero-order chi connectivity index (χ0) is 41.4. The number of benzene rings is 2. The molecule has 0 radical (unpaired) electrons. The minimum Gasteiger partial charge on any atom is -0.497 e. The molecule has 4 aliphatic rings. The molecule has 310 valence electrons. The van der Waals surface area contributed by atoms with Gasteiger partial charge in [-0.1, -0.05) is 57.2 Å². The van der Waals surface area contributed by atoms with E-state index in [9.17, 15) is 27.6 Å². The molecule has 2 aliphatic heterocycles. The minimum atomic E-state index is -3.90. The molecular weight excluding hydrogens is 759 g/mol. The second-order valence-corrected chi connectivity index (χ2v) is 19.5. The number of piperidine rings is 1. The lowest BCUT2D eigenvalue weighted by atomic mass is 9.82. The number of carbonyl (C=O) groups excluding carboxylic acids is 4. The van der Waals surface area contributed by atoms with E-state index in [1.165, 1.54) is 11.0 Å². The van der Waals surface area contributed by atoms with Gasteiger partial charge in [0.25, 0.3) is 5.91 Å². The molecule has 58 heavy (non-hydrogen) atoms. The molecule has 5 atom stereocenters. The first kappa shape index (κ1) is 41.2. The normalized spacial score (nSPS) is 23.8. The molecule has 0 bridgehead atoms. The van der Waals surface area contributed by atoms with Gasteiger partial charge in [-0.25, -0.2) is 13.4 Å². The second-order valence-electron chi connectivity index (χ2n) is 17.5. The maximum atomic E-state index is 14.9. The number of ether oxygens (including phenoxy) is 2. The van der Waals surface area contributed by atoms with E-state index in [1.54, 1.807) is 7.11 Å². The van der Waals surface area contributed by atoms with Crippen molar-refractivity contribution >= 4 is 44.6 Å². The van der Waals surface area contributed by atoms with E-state index in [4.69, 9.17) is 14.5 Å². The van der Waals surface area contributed by atoms with Gasteiger partial charge in [0, 0.05) is 60.8 Å². The van der Waals surface area contributed by atoms with Crippen molar-refractivity contribution in [1.29, 1.82) is 0 Å². The standard InChI is InChI=1S/C44H55N5O8S/c1-6-30-26-44(30,42(53)47-58(54,55)33-16-17-33)46-40(51)37-23-32(27-49(37)41(52)29(25-43(2,3)4)21-39(50)48-19-11-8-12-20-48)57-38-24-35(28-13-9-7-10-14-28)45-36-22-31(56-5)15-18-34(36)38/h6-7,9-10,13-15,18,22,24,29-30,32-33,37H,1,8,11-12,16-17,19-21,23,25-27H2,2-5H3,(H,46,51)(H,47,53)/t29-,30+,32+,37-,44?/m0/s1. The predicted octanol–water partition coefficient (Wildman–Crippen LogP) is 5.38. The van der Waals surface area contributed by atoms with Crippen molar-refractivity contribution in [2.75, 3.05) is 26.7 Å². The molecule has 13 nitrogen and oxygen atoms in total. The van der Waals surface area contributed by atoms with E-state index in [2.05, 4.69) is 16.6 Å². The summed E-state index contributed by atoms with van der Waals surface area (Å²) >= 11 is 0. The van der Waals surface area contributed by atoms with Crippen LogP contribution in [0, 0.1) is 17.3 Å². The molecule has 7 rings (SSSR count). The fourth-order valence-electron chi connectivity index (χ4n) is 8.43. The lowest BCUT2D eigenvalue weighted by molar-refractivity contribution is -0.146. The molecule has 4 amide bonds. The summed E-state index contributed by atoms with van der Waals surface area (Å²) in [5, 5.41) is 2.96. The Hall–Kier alpha value is -4.98. The largest absolute Gasteiger partial charge is 0.497 e. The summed E-state index contributed by atoms with van der Waals surface area (Å²) in [6.45, 7) is 11.2. The van der Waals surface area contributed by atoms with Crippen molar-refractivity contribution in [3.05, 3.63) is 67.3 Å². The van der Waals surface area contributed by atoms with Gasteiger partial charge in [-0.15, -0.1) is 6.58 Å². The molecule has 2 saturated heterocycles. The first-order valence-corrected chi connectivity index (χ1v) is 21.9. The van der Waals surface area contributed by atoms with Crippen molar-refractivity contribution in [1.82, 2.24) is 24.8 Å².